The molecule has 1 aliphatic rings. The quantitative estimate of drug-likeness (QED) is 0.780. The summed E-state index contributed by atoms with van der Waals surface area (Å²) in [5, 5.41) is 10.0. The molecule has 0 spiro atoms. The van der Waals surface area contributed by atoms with Crippen molar-refractivity contribution in [3.05, 3.63) is 33.6 Å². The Balaban J connectivity index is 2.35. The van der Waals surface area contributed by atoms with Crippen molar-refractivity contribution < 1.29 is 9.50 Å². The van der Waals surface area contributed by atoms with Crippen LogP contribution in [0.15, 0.2) is 12.1 Å². The van der Waals surface area contributed by atoms with E-state index >= 15 is 0 Å². The minimum absolute atomic E-state index is 0.0497. The van der Waals surface area contributed by atoms with Crippen LogP contribution in [0.5, 0.6) is 0 Å². The van der Waals surface area contributed by atoms with Crippen LogP contribution < -0.4 is 0 Å². The Hall–Kier alpha value is -0.310. The molecule has 0 unspecified atom stereocenters. The van der Waals surface area contributed by atoms with Gasteiger partial charge in [0.1, 0.15) is 5.82 Å². The minimum atomic E-state index is -0.755. The molecule has 0 bridgehead atoms. The summed E-state index contributed by atoms with van der Waals surface area (Å²) in [4.78, 5) is 0. The van der Waals surface area contributed by atoms with Crippen molar-refractivity contribution in [2.45, 2.75) is 24.9 Å². The molecule has 76 valence electrons. The molecule has 0 aliphatic heterocycles. The Bertz CT molecular complexity index is 375. The van der Waals surface area contributed by atoms with Crippen LogP contribution >= 0.6 is 23.2 Å². The summed E-state index contributed by atoms with van der Waals surface area (Å²) < 4.78 is 13.5. The van der Waals surface area contributed by atoms with Crippen LogP contribution in [-0.4, -0.2) is 10.7 Å². The van der Waals surface area contributed by atoms with Crippen molar-refractivity contribution in [1.82, 2.24) is 0 Å². The van der Waals surface area contributed by atoms with E-state index in [1.807, 2.05) is 0 Å². The lowest BCUT2D eigenvalue weighted by atomic mass is 10.1. The van der Waals surface area contributed by atoms with Gasteiger partial charge in [-0.15, -0.1) is 0 Å². The normalized spacial score (nSPS) is 18.3. The maximum absolute atomic E-state index is 13.5. The molecule has 0 heterocycles. The van der Waals surface area contributed by atoms with Gasteiger partial charge in [0.05, 0.1) is 10.6 Å². The number of hydrogen-bond donors (Lipinski definition) is 1. The van der Waals surface area contributed by atoms with Crippen LogP contribution in [0.25, 0.3) is 0 Å². The van der Waals surface area contributed by atoms with E-state index in [-0.39, 0.29) is 11.4 Å². The second-order valence-electron chi connectivity index (χ2n) is 3.72. The second-order valence-corrected chi connectivity index (χ2v) is 4.54. The summed E-state index contributed by atoms with van der Waals surface area (Å²) in [6.45, 7) is 0. The first-order valence-electron chi connectivity index (χ1n) is 4.37. The highest BCUT2D eigenvalue weighted by Crippen LogP contribution is 2.40. The molecule has 1 N–H and O–H groups in total. The Kier molecular flexibility index (Phi) is 2.46. The van der Waals surface area contributed by atoms with Gasteiger partial charge in [-0.2, -0.15) is 0 Å². The average Bonchev–Trinajstić information content (AvgIpc) is 2.86. The summed E-state index contributed by atoms with van der Waals surface area (Å²) in [7, 11) is 0. The molecule has 1 aromatic carbocycles. The summed E-state index contributed by atoms with van der Waals surface area (Å²) in [6.07, 6.45) is 1.66. The molecule has 1 nitrogen and oxygen atoms in total. The Morgan fingerprint density at radius 3 is 2.43 bits per heavy atom. The minimum Gasteiger partial charge on any atom is -0.390 e. The highest BCUT2D eigenvalue weighted by Gasteiger charge is 2.41. The van der Waals surface area contributed by atoms with E-state index in [2.05, 4.69) is 0 Å². The molecule has 0 amide bonds. The fourth-order valence-corrected chi connectivity index (χ4v) is 1.77. The van der Waals surface area contributed by atoms with E-state index in [0.717, 1.165) is 0 Å². The molecule has 0 saturated heterocycles. The van der Waals surface area contributed by atoms with E-state index in [9.17, 15) is 9.50 Å². The summed E-state index contributed by atoms with van der Waals surface area (Å²) in [6, 6.07) is 2.97. The lowest BCUT2D eigenvalue weighted by Crippen LogP contribution is -2.12. The van der Waals surface area contributed by atoms with Gasteiger partial charge < -0.3 is 5.11 Å². The first kappa shape index (κ1) is 10.2. The lowest BCUT2D eigenvalue weighted by molar-refractivity contribution is 0.150. The maximum atomic E-state index is 13.5. The van der Waals surface area contributed by atoms with Gasteiger partial charge in [-0.05, 0) is 25.0 Å². The lowest BCUT2D eigenvalue weighted by Gasteiger charge is -2.10. The predicted octanol–water partition coefficient (Wildman–Crippen LogP) is 3.20. The smallest absolute Gasteiger partial charge is 0.146 e. The standard InChI is InChI=1S/C10H9Cl2FO/c11-7-1-2-8(12)9(13)6(7)5-10(14)3-4-10/h1-2,14H,3-5H2. The first-order chi connectivity index (χ1) is 6.52. The average molecular weight is 235 g/mol. The fourth-order valence-electron chi connectivity index (χ4n) is 1.38. The Labute approximate surface area is 91.5 Å². The van der Waals surface area contributed by atoms with Crippen LogP contribution in [-0.2, 0) is 6.42 Å². The fraction of sp³-hybridized carbons (Fsp3) is 0.400. The van der Waals surface area contributed by atoms with Crippen molar-refractivity contribution >= 4 is 23.2 Å². The zero-order chi connectivity index (χ0) is 10.3. The zero-order valence-corrected chi connectivity index (χ0v) is 8.87. The molecule has 4 heteroatoms. The van der Waals surface area contributed by atoms with Gasteiger partial charge in [0.25, 0.3) is 0 Å². The van der Waals surface area contributed by atoms with Gasteiger partial charge in [-0.3, -0.25) is 0 Å². The maximum Gasteiger partial charge on any atom is 0.146 e. The predicted molar refractivity (Wildman–Crippen MR) is 54.3 cm³/mol. The third kappa shape index (κ3) is 1.88. The van der Waals surface area contributed by atoms with Crippen molar-refractivity contribution in [3.8, 4) is 0 Å². The van der Waals surface area contributed by atoms with Crippen molar-refractivity contribution in [2.75, 3.05) is 0 Å². The molecule has 1 fully saturated rings. The topological polar surface area (TPSA) is 20.2 Å². The van der Waals surface area contributed by atoms with E-state index < -0.39 is 11.4 Å². The number of hydrogen-bond acceptors (Lipinski definition) is 1. The highest BCUT2D eigenvalue weighted by atomic mass is 35.5. The van der Waals surface area contributed by atoms with Crippen LogP contribution in [0, 0.1) is 5.82 Å². The SMILES string of the molecule is OC1(Cc2c(Cl)ccc(Cl)c2F)CC1. The van der Waals surface area contributed by atoms with Crippen LogP contribution in [0.1, 0.15) is 18.4 Å². The van der Waals surface area contributed by atoms with E-state index in [1.165, 1.54) is 6.07 Å². The zero-order valence-electron chi connectivity index (χ0n) is 7.36. The van der Waals surface area contributed by atoms with Gasteiger partial charge >= 0.3 is 0 Å². The third-order valence-electron chi connectivity index (χ3n) is 2.47. The monoisotopic (exact) mass is 234 g/mol. The molecule has 1 saturated carbocycles. The number of rotatable bonds is 2. The molecule has 0 atom stereocenters. The summed E-state index contributed by atoms with van der Waals surface area (Å²) in [5.74, 6) is -0.514. The van der Waals surface area contributed by atoms with Crippen molar-refractivity contribution in [2.24, 2.45) is 0 Å². The van der Waals surface area contributed by atoms with Crippen LogP contribution in [0.4, 0.5) is 4.39 Å². The first-order valence-corrected chi connectivity index (χ1v) is 5.12. The van der Waals surface area contributed by atoms with Crippen LogP contribution in [0.3, 0.4) is 0 Å². The molecule has 1 aliphatic carbocycles. The highest BCUT2D eigenvalue weighted by molar-refractivity contribution is 6.33. The van der Waals surface area contributed by atoms with Gasteiger partial charge in [-0.1, -0.05) is 23.2 Å². The summed E-state index contributed by atoms with van der Waals surface area (Å²) in [5.41, 5.74) is -0.436. The molecule has 0 radical (unpaired) electrons. The van der Waals surface area contributed by atoms with Crippen LogP contribution in [0.2, 0.25) is 10.0 Å². The summed E-state index contributed by atoms with van der Waals surface area (Å²) >= 11 is 11.4. The van der Waals surface area contributed by atoms with E-state index in [1.54, 1.807) is 6.07 Å². The molecule has 14 heavy (non-hydrogen) atoms. The number of aliphatic hydroxyl groups is 1. The third-order valence-corrected chi connectivity index (χ3v) is 3.12. The molecular formula is C10H9Cl2FO. The van der Waals surface area contributed by atoms with Gasteiger partial charge in [-0.25, -0.2) is 4.39 Å². The second kappa shape index (κ2) is 3.37. The molecule has 2 rings (SSSR count). The van der Waals surface area contributed by atoms with Crippen molar-refractivity contribution in [1.29, 1.82) is 0 Å². The van der Waals surface area contributed by atoms with Gasteiger partial charge in [0.15, 0.2) is 0 Å². The van der Waals surface area contributed by atoms with Gasteiger partial charge in [0, 0.05) is 17.0 Å². The molecular weight excluding hydrogens is 226 g/mol. The molecule has 0 aromatic heterocycles. The van der Waals surface area contributed by atoms with E-state index in [4.69, 9.17) is 23.2 Å². The van der Waals surface area contributed by atoms with Gasteiger partial charge in [0.2, 0.25) is 0 Å². The Morgan fingerprint density at radius 2 is 1.86 bits per heavy atom. The molecule has 1 aromatic rings. The number of benzene rings is 1. The Morgan fingerprint density at radius 1 is 1.29 bits per heavy atom. The number of halogens is 3. The van der Waals surface area contributed by atoms with E-state index in [0.29, 0.717) is 23.4 Å². The van der Waals surface area contributed by atoms with Crippen molar-refractivity contribution in [3.63, 3.8) is 0 Å². The largest absolute Gasteiger partial charge is 0.390 e.